The summed E-state index contributed by atoms with van der Waals surface area (Å²) in [5.41, 5.74) is 1.02. The predicted octanol–water partition coefficient (Wildman–Crippen LogP) is 3.23. The monoisotopic (exact) mass is 214 g/mol. The van der Waals surface area contributed by atoms with Crippen LogP contribution in [0.5, 0.6) is 0 Å². The SMILES string of the molecule is Fc1ccc(/C=C/CBr)cc1. The van der Waals surface area contributed by atoms with Crippen molar-refractivity contribution in [2.45, 2.75) is 0 Å². The van der Waals surface area contributed by atoms with Crippen molar-refractivity contribution in [3.8, 4) is 0 Å². The van der Waals surface area contributed by atoms with Crippen molar-refractivity contribution >= 4 is 22.0 Å². The van der Waals surface area contributed by atoms with Gasteiger partial charge in [0.05, 0.1) is 0 Å². The highest BCUT2D eigenvalue weighted by Crippen LogP contribution is 2.04. The largest absolute Gasteiger partial charge is 0.207 e. The molecule has 0 saturated heterocycles. The van der Waals surface area contributed by atoms with E-state index >= 15 is 0 Å². The molecule has 0 fully saturated rings. The Balaban J connectivity index is 2.73. The van der Waals surface area contributed by atoms with E-state index in [1.54, 1.807) is 12.1 Å². The van der Waals surface area contributed by atoms with Gasteiger partial charge in [0, 0.05) is 5.33 Å². The number of halogens is 2. The first-order valence-corrected chi connectivity index (χ1v) is 4.43. The van der Waals surface area contributed by atoms with E-state index in [1.807, 2.05) is 12.2 Å². The van der Waals surface area contributed by atoms with E-state index in [0.29, 0.717) is 0 Å². The first-order chi connectivity index (χ1) is 5.33. The van der Waals surface area contributed by atoms with Gasteiger partial charge in [0.1, 0.15) is 5.82 Å². The maximum Gasteiger partial charge on any atom is 0.123 e. The van der Waals surface area contributed by atoms with Crippen LogP contribution in [0.4, 0.5) is 4.39 Å². The third-order valence-corrected chi connectivity index (χ3v) is 1.64. The van der Waals surface area contributed by atoms with Gasteiger partial charge in [-0.25, -0.2) is 4.39 Å². The molecule has 0 bridgehead atoms. The fourth-order valence-corrected chi connectivity index (χ4v) is 0.941. The van der Waals surface area contributed by atoms with Crippen LogP contribution in [0, 0.1) is 5.82 Å². The second-order valence-electron chi connectivity index (χ2n) is 2.11. The van der Waals surface area contributed by atoms with E-state index in [-0.39, 0.29) is 5.82 Å². The Morgan fingerprint density at radius 1 is 1.27 bits per heavy atom. The van der Waals surface area contributed by atoms with Gasteiger partial charge in [-0.15, -0.1) is 0 Å². The van der Waals surface area contributed by atoms with Crippen LogP contribution < -0.4 is 0 Å². The summed E-state index contributed by atoms with van der Waals surface area (Å²) in [4.78, 5) is 0. The van der Waals surface area contributed by atoms with Crippen LogP contribution in [0.15, 0.2) is 30.3 Å². The van der Waals surface area contributed by atoms with Gasteiger partial charge in [-0.1, -0.05) is 40.2 Å². The zero-order valence-corrected chi connectivity index (χ0v) is 7.51. The van der Waals surface area contributed by atoms with E-state index in [0.717, 1.165) is 10.9 Å². The molecule has 58 valence electrons. The minimum Gasteiger partial charge on any atom is -0.207 e. The summed E-state index contributed by atoms with van der Waals surface area (Å²) in [5, 5.41) is 0.824. The summed E-state index contributed by atoms with van der Waals surface area (Å²) in [6.07, 6.45) is 3.90. The summed E-state index contributed by atoms with van der Waals surface area (Å²) < 4.78 is 12.4. The molecule has 0 aromatic heterocycles. The number of hydrogen-bond acceptors (Lipinski definition) is 0. The van der Waals surface area contributed by atoms with Gasteiger partial charge in [0.25, 0.3) is 0 Å². The van der Waals surface area contributed by atoms with Crippen molar-refractivity contribution < 1.29 is 4.39 Å². The highest BCUT2D eigenvalue weighted by Gasteiger charge is 1.87. The molecule has 11 heavy (non-hydrogen) atoms. The Bertz CT molecular complexity index is 238. The molecule has 0 radical (unpaired) electrons. The highest BCUT2D eigenvalue weighted by atomic mass is 79.9. The Hall–Kier alpha value is -0.630. The zero-order chi connectivity index (χ0) is 8.10. The quantitative estimate of drug-likeness (QED) is 0.664. The van der Waals surface area contributed by atoms with Crippen LogP contribution in [0.1, 0.15) is 5.56 Å². The van der Waals surface area contributed by atoms with Crippen molar-refractivity contribution in [2.75, 3.05) is 5.33 Å². The molecule has 0 aliphatic heterocycles. The Kier molecular flexibility index (Phi) is 3.30. The molecule has 0 spiro atoms. The molecule has 1 aromatic carbocycles. The molecule has 0 unspecified atom stereocenters. The summed E-state index contributed by atoms with van der Waals surface area (Å²) in [6, 6.07) is 6.39. The number of alkyl halides is 1. The topological polar surface area (TPSA) is 0 Å². The molecular weight excluding hydrogens is 207 g/mol. The average Bonchev–Trinajstić information content (AvgIpc) is 2.04. The first-order valence-electron chi connectivity index (χ1n) is 3.31. The molecular formula is C9H8BrF. The van der Waals surface area contributed by atoms with Crippen molar-refractivity contribution in [1.29, 1.82) is 0 Å². The second kappa shape index (κ2) is 4.29. The fraction of sp³-hybridized carbons (Fsp3) is 0.111. The van der Waals surface area contributed by atoms with Gasteiger partial charge in [0.15, 0.2) is 0 Å². The summed E-state index contributed by atoms with van der Waals surface area (Å²) in [5.74, 6) is -0.194. The molecule has 1 aromatic rings. The van der Waals surface area contributed by atoms with E-state index in [2.05, 4.69) is 15.9 Å². The van der Waals surface area contributed by atoms with Gasteiger partial charge in [0.2, 0.25) is 0 Å². The molecule has 2 heteroatoms. The number of allylic oxidation sites excluding steroid dienone is 1. The molecule has 0 atom stereocenters. The molecule has 0 N–H and O–H groups in total. The minimum atomic E-state index is -0.194. The fourth-order valence-electron chi connectivity index (χ4n) is 0.755. The molecule has 0 saturated carbocycles. The lowest BCUT2D eigenvalue weighted by Gasteiger charge is -1.90. The summed E-state index contributed by atoms with van der Waals surface area (Å²) >= 11 is 3.26. The van der Waals surface area contributed by atoms with E-state index in [9.17, 15) is 4.39 Å². The lowest BCUT2D eigenvalue weighted by atomic mass is 10.2. The van der Waals surface area contributed by atoms with Gasteiger partial charge in [-0.3, -0.25) is 0 Å². The van der Waals surface area contributed by atoms with E-state index in [1.165, 1.54) is 12.1 Å². The van der Waals surface area contributed by atoms with E-state index < -0.39 is 0 Å². The lowest BCUT2D eigenvalue weighted by molar-refractivity contribution is 0.628. The summed E-state index contributed by atoms with van der Waals surface area (Å²) in [6.45, 7) is 0. The second-order valence-corrected chi connectivity index (χ2v) is 2.76. The Labute approximate surface area is 73.9 Å². The van der Waals surface area contributed by atoms with Gasteiger partial charge in [-0.2, -0.15) is 0 Å². The van der Waals surface area contributed by atoms with Crippen LogP contribution in [0.2, 0.25) is 0 Å². The summed E-state index contributed by atoms with van der Waals surface area (Å²) in [7, 11) is 0. The highest BCUT2D eigenvalue weighted by molar-refractivity contribution is 9.09. The van der Waals surface area contributed by atoms with Gasteiger partial charge >= 0.3 is 0 Å². The molecule has 0 amide bonds. The zero-order valence-electron chi connectivity index (χ0n) is 5.93. The first kappa shape index (κ1) is 8.47. The third-order valence-electron chi connectivity index (χ3n) is 1.27. The van der Waals surface area contributed by atoms with Crippen molar-refractivity contribution in [1.82, 2.24) is 0 Å². The number of rotatable bonds is 2. The normalized spacial score (nSPS) is 10.7. The van der Waals surface area contributed by atoms with Gasteiger partial charge < -0.3 is 0 Å². The van der Waals surface area contributed by atoms with E-state index in [4.69, 9.17) is 0 Å². The van der Waals surface area contributed by atoms with Crippen LogP contribution in [0.25, 0.3) is 6.08 Å². The van der Waals surface area contributed by atoms with Crippen LogP contribution >= 0.6 is 15.9 Å². The van der Waals surface area contributed by atoms with Crippen molar-refractivity contribution in [2.24, 2.45) is 0 Å². The maximum atomic E-state index is 12.4. The standard InChI is InChI=1S/C9H8BrF/c10-7-1-2-8-3-5-9(11)6-4-8/h1-6H,7H2/b2-1+. The Morgan fingerprint density at radius 3 is 2.45 bits per heavy atom. The molecule has 0 nitrogen and oxygen atoms in total. The van der Waals surface area contributed by atoms with Gasteiger partial charge in [-0.05, 0) is 17.7 Å². The van der Waals surface area contributed by atoms with Crippen LogP contribution in [0.3, 0.4) is 0 Å². The minimum absolute atomic E-state index is 0.194. The van der Waals surface area contributed by atoms with Crippen LogP contribution in [-0.2, 0) is 0 Å². The molecule has 1 rings (SSSR count). The molecule has 0 aliphatic carbocycles. The molecule has 0 aliphatic rings. The number of hydrogen-bond donors (Lipinski definition) is 0. The Morgan fingerprint density at radius 2 is 1.91 bits per heavy atom. The maximum absolute atomic E-state index is 12.4. The number of benzene rings is 1. The third kappa shape index (κ3) is 2.85. The smallest absolute Gasteiger partial charge is 0.123 e. The van der Waals surface area contributed by atoms with Crippen LogP contribution in [-0.4, -0.2) is 5.33 Å². The van der Waals surface area contributed by atoms with Crippen molar-refractivity contribution in [3.63, 3.8) is 0 Å². The predicted molar refractivity (Wildman–Crippen MR) is 49.2 cm³/mol. The lowest BCUT2D eigenvalue weighted by Crippen LogP contribution is -1.73. The average molecular weight is 215 g/mol. The molecule has 0 heterocycles. The van der Waals surface area contributed by atoms with Crippen molar-refractivity contribution in [3.05, 3.63) is 41.7 Å².